The molecule has 3 aromatic carbocycles. The van der Waals surface area contributed by atoms with Crippen LogP contribution in [0.2, 0.25) is 10.0 Å². The van der Waals surface area contributed by atoms with Crippen LogP contribution in [0.15, 0.2) is 60.7 Å². The lowest BCUT2D eigenvalue weighted by Crippen LogP contribution is -2.48. The number of piperazine rings is 1. The van der Waals surface area contributed by atoms with Crippen molar-refractivity contribution in [1.82, 2.24) is 9.80 Å². The van der Waals surface area contributed by atoms with Gasteiger partial charge in [0.15, 0.2) is 11.6 Å². The maximum Gasteiger partial charge on any atom is 0.253 e. The Morgan fingerprint density at radius 1 is 0.939 bits per heavy atom. The van der Waals surface area contributed by atoms with Gasteiger partial charge < -0.3 is 9.64 Å². The predicted octanol–water partition coefficient (Wildman–Crippen LogP) is 5.81. The van der Waals surface area contributed by atoms with Crippen molar-refractivity contribution in [3.05, 3.63) is 99.0 Å². The molecule has 1 heterocycles. The van der Waals surface area contributed by atoms with Gasteiger partial charge in [-0.15, -0.1) is 0 Å². The van der Waals surface area contributed by atoms with Gasteiger partial charge in [-0.1, -0.05) is 47.5 Å². The molecule has 0 unspecified atom stereocenters. The summed E-state index contributed by atoms with van der Waals surface area (Å²) in [7, 11) is 0. The summed E-state index contributed by atoms with van der Waals surface area (Å²) in [5.41, 5.74) is 1.73. The quantitative estimate of drug-likeness (QED) is 0.437. The molecule has 8 heteroatoms. The Morgan fingerprint density at radius 3 is 2.45 bits per heavy atom. The number of nitrogens with zero attached hydrogens (tertiary/aromatic N) is 2. The zero-order chi connectivity index (χ0) is 23.4. The Labute approximate surface area is 201 Å². The van der Waals surface area contributed by atoms with Crippen molar-refractivity contribution in [1.29, 1.82) is 0 Å². The molecule has 1 amide bonds. The van der Waals surface area contributed by atoms with Crippen LogP contribution in [-0.2, 0) is 13.2 Å². The van der Waals surface area contributed by atoms with E-state index >= 15 is 0 Å². The van der Waals surface area contributed by atoms with Crippen LogP contribution in [0, 0.1) is 11.6 Å². The van der Waals surface area contributed by atoms with E-state index in [1.807, 2.05) is 17.0 Å². The fraction of sp³-hybridized carbons (Fsp3) is 0.240. The molecule has 0 saturated carbocycles. The molecule has 33 heavy (non-hydrogen) atoms. The molecule has 0 bridgehead atoms. The van der Waals surface area contributed by atoms with Crippen LogP contribution in [0.25, 0.3) is 0 Å². The van der Waals surface area contributed by atoms with Crippen molar-refractivity contribution in [3.63, 3.8) is 0 Å². The molecule has 1 aliphatic heterocycles. The SMILES string of the molecule is O=C(c1cccc(COc2ccc(Cl)cc2Cl)c1)N1CCN(Cc2cccc(F)c2F)CC1. The van der Waals surface area contributed by atoms with Gasteiger partial charge in [-0.05, 0) is 42.0 Å². The molecule has 0 spiro atoms. The van der Waals surface area contributed by atoms with Crippen molar-refractivity contribution in [2.24, 2.45) is 0 Å². The molecule has 172 valence electrons. The highest BCUT2D eigenvalue weighted by molar-refractivity contribution is 6.35. The van der Waals surface area contributed by atoms with Crippen LogP contribution in [0.3, 0.4) is 0 Å². The number of ether oxygens (including phenoxy) is 1. The highest BCUT2D eigenvalue weighted by atomic mass is 35.5. The summed E-state index contributed by atoms with van der Waals surface area (Å²) in [5.74, 6) is -1.21. The third-order valence-electron chi connectivity index (χ3n) is 5.55. The summed E-state index contributed by atoms with van der Waals surface area (Å²) in [6, 6.07) is 16.5. The van der Waals surface area contributed by atoms with E-state index in [0.717, 1.165) is 11.6 Å². The second kappa shape index (κ2) is 10.5. The highest BCUT2D eigenvalue weighted by Crippen LogP contribution is 2.28. The molecule has 4 rings (SSSR count). The van der Waals surface area contributed by atoms with Gasteiger partial charge in [0.05, 0.1) is 5.02 Å². The molecule has 1 fully saturated rings. The normalized spacial score (nSPS) is 14.4. The van der Waals surface area contributed by atoms with Gasteiger partial charge in [0.1, 0.15) is 12.4 Å². The topological polar surface area (TPSA) is 32.8 Å². The first-order chi connectivity index (χ1) is 15.9. The third-order valence-corrected chi connectivity index (χ3v) is 6.08. The first-order valence-electron chi connectivity index (χ1n) is 10.5. The summed E-state index contributed by atoms with van der Waals surface area (Å²) >= 11 is 12.1. The second-order valence-electron chi connectivity index (χ2n) is 7.85. The number of hydrogen-bond acceptors (Lipinski definition) is 3. The van der Waals surface area contributed by atoms with Gasteiger partial charge in [0.25, 0.3) is 5.91 Å². The molecule has 1 saturated heterocycles. The fourth-order valence-corrected chi connectivity index (χ4v) is 4.21. The number of carbonyl (C=O) groups excluding carboxylic acids is 1. The van der Waals surface area contributed by atoms with E-state index < -0.39 is 11.6 Å². The lowest BCUT2D eigenvalue weighted by atomic mass is 10.1. The van der Waals surface area contributed by atoms with E-state index in [2.05, 4.69) is 0 Å². The van der Waals surface area contributed by atoms with E-state index in [9.17, 15) is 13.6 Å². The Balaban J connectivity index is 1.33. The number of rotatable bonds is 6. The summed E-state index contributed by atoms with van der Waals surface area (Å²) in [5, 5.41) is 0.951. The number of hydrogen-bond donors (Lipinski definition) is 0. The van der Waals surface area contributed by atoms with Gasteiger partial charge in [-0.2, -0.15) is 0 Å². The first kappa shape index (κ1) is 23.5. The van der Waals surface area contributed by atoms with Crippen molar-refractivity contribution >= 4 is 29.1 Å². The number of benzene rings is 3. The molecule has 1 aliphatic rings. The molecular formula is C25H22Cl2F2N2O2. The number of carbonyl (C=O) groups is 1. The third kappa shape index (κ3) is 5.82. The average Bonchev–Trinajstić information content (AvgIpc) is 2.82. The van der Waals surface area contributed by atoms with Gasteiger partial charge >= 0.3 is 0 Å². The molecule has 0 aliphatic carbocycles. The average molecular weight is 491 g/mol. The van der Waals surface area contributed by atoms with Crippen LogP contribution >= 0.6 is 23.2 Å². The van der Waals surface area contributed by atoms with E-state index in [1.165, 1.54) is 6.07 Å². The minimum absolute atomic E-state index is 0.0713. The van der Waals surface area contributed by atoms with Crippen molar-refractivity contribution < 1.29 is 18.3 Å². The monoisotopic (exact) mass is 490 g/mol. The zero-order valence-electron chi connectivity index (χ0n) is 17.7. The van der Waals surface area contributed by atoms with Crippen molar-refractivity contribution in [2.75, 3.05) is 26.2 Å². The van der Waals surface area contributed by atoms with Crippen LogP contribution in [-0.4, -0.2) is 41.9 Å². The Morgan fingerprint density at radius 2 is 1.70 bits per heavy atom. The molecular weight excluding hydrogens is 469 g/mol. The van der Waals surface area contributed by atoms with E-state index in [1.54, 1.807) is 41.3 Å². The highest BCUT2D eigenvalue weighted by Gasteiger charge is 2.23. The predicted molar refractivity (Wildman–Crippen MR) is 125 cm³/mol. The van der Waals surface area contributed by atoms with Crippen LogP contribution in [0.1, 0.15) is 21.5 Å². The number of amides is 1. The minimum Gasteiger partial charge on any atom is -0.487 e. The van der Waals surface area contributed by atoms with Gasteiger partial charge in [0, 0.05) is 48.9 Å². The smallest absolute Gasteiger partial charge is 0.253 e. The number of halogens is 4. The Hall–Kier alpha value is -2.67. The Bertz CT molecular complexity index is 1150. The lowest BCUT2D eigenvalue weighted by Gasteiger charge is -2.35. The molecule has 0 aromatic heterocycles. The summed E-state index contributed by atoms with van der Waals surface area (Å²) in [6.45, 7) is 2.76. The fourth-order valence-electron chi connectivity index (χ4n) is 3.75. The summed E-state index contributed by atoms with van der Waals surface area (Å²) in [4.78, 5) is 16.8. The molecule has 3 aromatic rings. The van der Waals surface area contributed by atoms with Gasteiger partial charge in [-0.3, -0.25) is 9.69 Å². The van der Waals surface area contributed by atoms with Crippen LogP contribution < -0.4 is 4.74 Å². The van der Waals surface area contributed by atoms with E-state index in [4.69, 9.17) is 27.9 Å². The van der Waals surface area contributed by atoms with Crippen molar-refractivity contribution in [2.45, 2.75) is 13.2 Å². The minimum atomic E-state index is -0.844. The van der Waals surface area contributed by atoms with Gasteiger partial charge in [-0.25, -0.2) is 8.78 Å². The lowest BCUT2D eigenvalue weighted by molar-refractivity contribution is 0.0626. The maximum absolute atomic E-state index is 13.9. The molecule has 4 nitrogen and oxygen atoms in total. The summed E-state index contributed by atoms with van der Waals surface area (Å²) in [6.07, 6.45) is 0. The van der Waals surface area contributed by atoms with E-state index in [-0.39, 0.29) is 12.5 Å². The largest absolute Gasteiger partial charge is 0.487 e. The molecule has 0 N–H and O–H groups in total. The second-order valence-corrected chi connectivity index (χ2v) is 8.69. The van der Waals surface area contributed by atoms with Gasteiger partial charge in [0.2, 0.25) is 0 Å². The zero-order valence-corrected chi connectivity index (χ0v) is 19.3. The standard InChI is InChI=1S/C25H22Cl2F2N2O2/c26-20-7-8-23(21(27)14-20)33-16-17-3-1-4-18(13-17)25(32)31-11-9-30(10-12-31)15-19-5-2-6-22(28)24(19)29/h1-8,13-14H,9-12,15-16H2. The van der Waals surface area contributed by atoms with E-state index in [0.29, 0.717) is 59.6 Å². The first-order valence-corrected chi connectivity index (χ1v) is 11.3. The molecule has 0 atom stereocenters. The van der Waals surface area contributed by atoms with Crippen LogP contribution in [0.4, 0.5) is 8.78 Å². The maximum atomic E-state index is 13.9. The Kier molecular flexibility index (Phi) is 7.48. The molecule has 0 radical (unpaired) electrons. The summed E-state index contributed by atoms with van der Waals surface area (Å²) < 4.78 is 33.2. The van der Waals surface area contributed by atoms with Crippen LogP contribution in [0.5, 0.6) is 5.75 Å². The van der Waals surface area contributed by atoms with Crippen molar-refractivity contribution in [3.8, 4) is 5.75 Å².